The van der Waals surface area contributed by atoms with Crippen LogP contribution in [0, 0.1) is 11.3 Å². The average molecular weight is 479 g/mol. The Balaban J connectivity index is 1.60. The minimum atomic E-state index is -0.569. The molecular formula is C28H21N3O5. The van der Waals surface area contributed by atoms with E-state index in [-0.39, 0.29) is 30.4 Å². The summed E-state index contributed by atoms with van der Waals surface area (Å²) < 4.78 is 16.5. The van der Waals surface area contributed by atoms with Crippen LogP contribution in [0.5, 0.6) is 23.3 Å². The lowest BCUT2D eigenvalue weighted by Crippen LogP contribution is -2.12. The summed E-state index contributed by atoms with van der Waals surface area (Å²) in [7, 11) is 1.25. The van der Waals surface area contributed by atoms with E-state index in [2.05, 4.69) is 20.8 Å². The molecule has 178 valence electrons. The van der Waals surface area contributed by atoms with Crippen molar-refractivity contribution in [2.45, 2.75) is 12.8 Å². The number of rotatable bonds is 9. The molecular weight excluding hydrogens is 458 g/mol. The molecule has 0 saturated heterocycles. The van der Waals surface area contributed by atoms with Gasteiger partial charge in [0.2, 0.25) is 11.8 Å². The van der Waals surface area contributed by atoms with Crippen LogP contribution in [0.25, 0.3) is 11.1 Å². The Labute approximate surface area is 207 Å². The first-order valence-electron chi connectivity index (χ1n) is 11.0. The normalized spacial score (nSPS) is 10.2. The van der Waals surface area contributed by atoms with Crippen molar-refractivity contribution in [3.8, 4) is 40.5 Å². The smallest absolute Gasteiger partial charge is 0.313 e. The number of carbonyl (C=O) groups excluding carboxylic acids is 2. The molecule has 0 aliphatic carbocycles. The minimum Gasteiger partial charge on any atom is -0.469 e. The number of Topliss-reactive ketones (excluding diaryl/α,β-unsaturated/α-hetero) is 1. The number of benzene rings is 3. The molecule has 8 heteroatoms. The summed E-state index contributed by atoms with van der Waals surface area (Å²) in [5.74, 6) is 0.515. The van der Waals surface area contributed by atoms with Crippen molar-refractivity contribution in [1.29, 1.82) is 5.26 Å². The Hall–Kier alpha value is -5.03. The maximum atomic E-state index is 12.4. The number of aromatic nitrogens is 2. The molecule has 4 rings (SSSR count). The minimum absolute atomic E-state index is 0.0728. The largest absolute Gasteiger partial charge is 0.469 e. The van der Waals surface area contributed by atoms with Gasteiger partial charge in [-0.25, -0.2) is 9.97 Å². The number of nitrogens with zero attached hydrogens (tertiary/aromatic N) is 3. The molecule has 4 aromatic rings. The highest BCUT2D eigenvalue weighted by Gasteiger charge is 2.16. The number of nitriles is 1. The summed E-state index contributed by atoms with van der Waals surface area (Å²) in [6.45, 7) is 0. The third kappa shape index (κ3) is 5.90. The Kier molecular flexibility index (Phi) is 7.63. The third-order valence-electron chi connectivity index (χ3n) is 5.20. The van der Waals surface area contributed by atoms with Crippen LogP contribution >= 0.6 is 0 Å². The van der Waals surface area contributed by atoms with E-state index in [0.717, 1.165) is 16.7 Å². The van der Waals surface area contributed by atoms with Crippen LogP contribution in [0.1, 0.15) is 17.5 Å². The second kappa shape index (κ2) is 11.4. The van der Waals surface area contributed by atoms with Gasteiger partial charge in [0.1, 0.15) is 36.1 Å². The third-order valence-corrected chi connectivity index (χ3v) is 5.20. The van der Waals surface area contributed by atoms with Crippen LogP contribution in [0.2, 0.25) is 0 Å². The molecule has 0 spiro atoms. The Morgan fingerprint density at radius 1 is 0.833 bits per heavy atom. The zero-order valence-electron chi connectivity index (χ0n) is 19.4. The van der Waals surface area contributed by atoms with Crippen molar-refractivity contribution in [1.82, 2.24) is 9.97 Å². The molecule has 0 N–H and O–H groups in total. The van der Waals surface area contributed by atoms with E-state index in [9.17, 15) is 14.9 Å². The van der Waals surface area contributed by atoms with Gasteiger partial charge in [0.25, 0.3) is 0 Å². The van der Waals surface area contributed by atoms with Crippen LogP contribution in [-0.4, -0.2) is 28.8 Å². The molecule has 0 aliphatic rings. The summed E-state index contributed by atoms with van der Waals surface area (Å²) in [5, 5.41) is 9.29. The van der Waals surface area contributed by atoms with Gasteiger partial charge in [-0.3, -0.25) is 9.59 Å². The first kappa shape index (κ1) is 24.1. The molecule has 0 fully saturated rings. The van der Waals surface area contributed by atoms with Crippen molar-refractivity contribution in [3.63, 3.8) is 0 Å². The summed E-state index contributed by atoms with van der Waals surface area (Å²) in [6.07, 6.45) is 1.09. The van der Waals surface area contributed by atoms with Crippen molar-refractivity contribution in [2.75, 3.05) is 7.11 Å². The molecule has 0 radical (unpaired) electrons. The molecule has 1 heterocycles. The number of ketones is 1. The number of carbonyl (C=O) groups is 2. The Morgan fingerprint density at radius 3 is 2.17 bits per heavy atom. The average Bonchev–Trinajstić information content (AvgIpc) is 2.90. The van der Waals surface area contributed by atoms with Crippen LogP contribution in [0.15, 0.2) is 85.2 Å². The fourth-order valence-electron chi connectivity index (χ4n) is 3.53. The van der Waals surface area contributed by atoms with Gasteiger partial charge in [-0.15, -0.1) is 0 Å². The first-order valence-corrected chi connectivity index (χ1v) is 11.0. The van der Waals surface area contributed by atoms with Gasteiger partial charge in [-0.2, -0.15) is 5.26 Å². The van der Waals surface area contributed by atoms with Crippen LogP contribution < -0.4 is 9.47 Å². The standard InChI is InChI=1S/C28H21N3O5/c1-34-28(33)15-21(32)14-19-8-2-4-10-22(19)23-11-5-7-13-25(23)36-27-16-26(30-18-31-27)35-24-12-6-3-9-20(24)17-29/h2-13,16,18H,14-15H2,1H3. The Bertz CT molecular complexity index is 1450. The van der Waals surface area contributed by atoms with E-state index < -0.39 is 5.97 Å². The van der Waals surface area contributed by atoms with Gasteiger partial charge >= 0.3 is 5.97 Å². The number of methoxy groups -OCH3 is 1. The molecule has 0 amide bonds. The van der Waals surface area contributed by atoms with Gasteiger partial charge < -0.3 is 14.2 Å². The fraction of sp³-hybridized carbons (Fsp3) is 0.107. The Morgan fingerprint density at radius 2 is 1.44 bits per heavy atom. The lowest BCUT2D eigenvalue weighted by molar-refractivity contribution is -0.143. The second-order valence-electron chi connectivity index (χ2n) is 7.63. The maximum absolute atomic E-state index is 12.4. The van der Waals surface area contributed by atoms with E-state index in [0.29, 0.717) is 17.1 Å². The second-order valence-corrected chi connectivity index (χ2v) is 7.63. The van der Waals surface area contributed by atoms with E-state index in [4.69, 9.17) is 9.47 Å². The maximum Gasteiger partial charge on any atom is 0.313 e. The lowest BCUT2D eigenvalue weighted by atomic mass is 9.95. The van der Waals surface area contributed by atoms with Crippen LogP contribution in [0.4, 0.5) is 0 Å². The molecule has 0 saturated carbocycles. The quantitative estimate of drug-likeness (QED) is 0.236. The fourth-order valence-corrected chi connectivity index (χ4v) is 3.53. The highest BCUT2D eigenvalue weighted by atomic mass is 16.5. The summed E-state index contributed by atoms with van der Waals surface area (Å²) in [6, 6.07) is 25.2. The van der Waals surface area contributed by atoms with Gasteiger partial charge in [0.05, 0.1) is 18.7 Å². The van der Waals surface area contributed by atoms with Crippen LogP contribution in [-0.2, 0) is 20.7 Å². The zero-order chi connectivity index (χ0) is 25.3. The summed E-state index contributed by atoms with van der Waals surface area (Å²) in [4.78, 5) is 32.2. The van der Waals surface area contributed by atoms with Gasteiger partial charge in [0, 0.05) is 12.0 Å². The SMILES string of the molecule is COC(=O)CC(=O)Cc1ccccc1-c1ccccc1Oc1cc(Oc2ccccc2C#N)ncn1. The molecule has 1 aromatic heterocycles. The van der Waals surface area contributed by atoms with E-state index in [1.807, 2.05) is 42.5 Å². The summed E-state index contributed by atoms with van der Waals surface area (Å²) in [5.41, 5.74) is 2.67. The monoisotopic (exact) mass is 479 g/mol. The van der Waals surface area contributed by atoms with E-state index in [1.54, 1.807) is 30.3 Å². The van der Waals surface area contributed by atoms with Crippen LogP contribution in [0.3, 0.4) is 0 Å². The molecule has 0 atom stereocenters. The van der Waals surface area contributed by atoms with Crippen molar-refractivity contribution < 1.29 is 23.8 Å². The van der Waals surface area contributed by atoms with Gasteiger partial charge in [-0.1, -0.05) is 54.6 Å². The van der Waals surface area contributed by atoms with Crippen molar-refractivity contribution in [3.05, 3.63) is 96.3 Å². The van der Waals surface area contributed by atoms with Gasteiger partial charge in [-0.05, 0) is 29.3 Å². The number of esters is 1. The molecule has 0 aliphatic heterocycles. The first-order chi connectivity index (χ1) is 17.6. The predicted molar refractivity (Wildman–Crippen MR) is 131 cm³/mol. The van der Waals surface area contributed by atoms with Crippen molar-refractivity contribution in [2.24, 2.45) is 0 Å². The topological polar surface area (TPSA) is 111 Å². The van der Waals surface area contributed by atoms with Gasteiger partial charge in [0.15, 0.2) is 0 Å². The highest BCUT2D eigenvalue weighted by molar-refractivity contribution is 5.97. The lowest BCUT2D eigenvalue weighted by Gasteiger charge is -2.14. The molecule has 0 bridgehead atoms. The molecule has 8 nitrogen and oxygen atoms in total. The predicted octanol–water partition coefficient (Wildman–Crippen LogP) is 5.27. The summed E-state index contributed by atoms with van der Waals surface area (Å²) >= 11 is 0. The van der Waals surface area contributed by atoms with E-state index in [1.165, 1.54) is 19.5 Å². The number of hydrogen-bond acceptors (Lipinski definition) is 8. The molecule has 36 heavy (non-hydrogen) atoms. The number of para-hydroxylation sites is 2. The zero-order valence-corrected chi connectivity index (χ0v) is 19.4. The number of hydrogen-bond donors (Lipinski definition) is 0. The van der Waals surface area contributed by atoms with Crippen molar-refractivity contribution >= 4 is 11.8 Å². The number of ether oxygens (including phenoxy) is 3. The van der Waals surface area contributed by atoms with E-state index >= 15 is 0 Å². The molecule has 3 aromatic carbocycles. The highest BCUT2D eigenvalue weighted by Crippen LogP contribution is 2.35. The molecule has 0 unspecified atom stereocenters.